The molecule has 1 aromatic rings. The SMILES string of the molecule is CNCCCNC(=O)c1cc(S(=O)(=O)N(C)C)ccc1N1CCCCC1. The molecule has 0 atom stereocenters. The monoisotopic (exact) mass is 382 g/mol. The lowest BCUT2D eigenvalue weighted by Gasteiger charge is -2.30. The summed E-state index contributed by atoms with van der Waals surface area (Å²) < 4.78 is 26.1. The number of rotatable bonds is 8. The van der Waals surface area contributed by atoms with Gasteiger partial charge in [0.15, 0.2) is 0 Å². The van der Waals surface area contributed by atoms with E-state index in [2.05, 4.69) is 15.5 Å². The summed E-state index contributed by atoms with van der Waals surface area (Å²) in [6.07, 6.45) is 4.17. The molecule has 26 heavy (non-hydrogen) atoms. The highest BCUT2D eigenvalue weighted by molar-refractivity contribution is 7.89. The predicted octanol–water partition coefficient (Wildman–Crippen LogP) is 1.27. The molecule has 1 fully saturated rings. The topological polar surface area (TPSA) is 81.7 Å². The lowest BCUT2D eigenvalue weighted by Crippen LogP contribution is -2.33. The van der Waals surface area contributed by atoms with E-state index in [-0.39, 0.29) is 10.8 Å². The number of sulfonamides is 1. The van der Waals surface area contributed by atoms with Crippen LogP contribution >= 0.6 is 0 Å². The average Bonchev–Trinajstić information content (AvgIpc) is 2.65. The van der Waals surface area contributed by atoms with E-state index >= 15 is 0 Å². The standard InChI is InChI=1S/C18H30N4O3S/c1-19-10-7-11-20-18(23)16-14-15(26(24,25)21(2)3)8-9-17(16)22-12-5-4-6-13-22/h8-9,14,19H,4-7,10-13H2,1-3H3,(H,20,23). The molecule has 7 nitrogen and oxygen atoms in total. The highest BCUT2D eigenvalue weighted by Crippen LogP contribution is 2.27. The molecule has 0 unspecified atom stereocenters. The first-order valence-corrected chi connectivity index (χ1v) is 10.6. The van der Waals surface area contributed by atoms with Gasteiger partial charge < -0.3 is 15.5 Å². The number of nitrogens with one attached hydrogen (secondary N) is 2. The molecule has 8 heteroatoms. The number of piperidine rings is 1. The quantitative estimate of drug-likeness (QED) is 0.662. The van der Waals surface area contributed by atoms with Gasteiger partial charge in [-0.1, -0.05) is 0 Å². The third-order valence-corrected chi connectivity index (χ3v) is 6.39. The van der Waals surface area contributed by atoms with Gasteiger partial charge in [0.1, 0.15) is 0 Å². The van der Waals surface area contributed by atoms with Crippen LogP contribution in [0.4, 0.5) is 5.69 Å². The summed E-state index contributed by atoms with van der Waals surface area (Å²) >= 11 is 0. The van der Waals surface area contributed by atoms with Crippen LogP contribution in [0, 0.1) is 0 Å². The molecule has 1 heterocycles. The fraction of sp³-hybridized carbons (Fsp3) is 0.611. The number of amides is 1. The minimum absolute atomic E-state index is 0.142. The summed E-state index contributed by atoms with van der Waals surface area (Å²) in [4.78, 5) is 15.1. The lowest BCUT2D eigenvalue weighted by molar-refractivity contribution is 0.0953. The molecular formula is C18H30N4O3S. The van der Waals surface area contributed by atoms with Crippen molar-refractivity contribution in [3.05, 3.63) is 23.8 Å². The van der Waals surface area contributed by atoms with E-state index in [1.807, 2.05) is 7.05 Å². The van der Waals surface area contributed by atoms with Crippen molar-refractivity contribution in [1.29, 1.82) is 0 Å². The molecule has 1 aliphatic heterocycles. The van der Waals surface area contributed by atoms with Gasteiger partial charge in [-0.05, 0) is 57.5 Å². The van der Waals surface area contributed by atoms with E-state index in [0.717, 1.165) is 48.9 Å². The number of carbonyl (C=O) groups excluding carboxylic acids is 1. The van der Waals surface area contributed by atoms with Crippen molar-refractivity contribution in [3.8, 4) is 0 Å². The molecule has 1 aromatic carbocycles. The van der Waals surface area contributed by atoms with Crippen molar-refractivity contribution in [2.75, 3.05) is 52.2 Å². The van der Waals surface area contributed by atoms with Gasteiger partial charge in [0, 0.05) is 39.4 Å². The Kier molecular flexibility index (Phi) is 7.43. The van der Waals surface area contributed by atoms with Crippen LogP contribution < -0.4 is 15.5 Å². The first-order chi connectivity index (χ1) is 12.4. The summed E-state index contributed by atoms with van der Waals surface area (Å²) in [5.41, 5.74) is 1.24. The lowest BCUT2D eigenvalue weighted by atomic mass is 10.1. The number of benzene rings is 1. The first kappa shape index (κ1) is 20.7. The van der Waals surface area contributed by atoms with Gasteiger partial charge in [-0.2, -0.15) is 0 Å². The minimum atomic E-state index is -3.58. The Balaban J connectivity index is 2.33. The van der Waals surface area contributed by atoms with Gasteiger partial charge in [0.2, 0.25) is 10.0 Å². The number of nitrogens with zero attached hydrogens (tertiary/aromatic N) is 2. The van der Waals surface area contributed by atoms with Crippen molar-refractivity contribution in [1.82, 2.24) is 14.9 Å². The van der Waals surface area contributed by atoms with Crippen LogP contribution in [-0.2, 0) is 10.0 Å². The largest absolute Gasteiger partial charge is 0.371 e. The molecular weight excluding hydrogens is 352 g/mol. The number of anilines is 1. The van der Waals surface area contributed by atoms with Gasteiger partial charge >= 0.3 is 0 Å². The van der Waals surface area contributed by atoms with E-state index in [4.69, 9.17) is 0 Å². The Labute approximate surface area is 156 Å². The molecule has 0 spiro atoms. The van der Waals surface area contributed by atoms with Crippen LogP contribution in [0.5, 0.6) is 0 Å². The van der Waals surface area contributed by atoms with E-state index in [0.29, 0.717) is 12.1 Å². The molecule has 146 valence electrons. The molecule has 0 aromatic heterocycles. The highest BCUT2D eigenvalue weighted by Gasteiger charge is 2.24. The molecule has 1 saturated heterocycles. The Hall–Kier alpha value is -1.64. The van der Waals surface area contributed by atoms with E-state index in [1.165, 1.54) is 26.6 Å². The summed E-state index contributed by atoms with van der Waals surface area (Å²) in [6, 6.07) is 4.87. The van der Waals surface area contributed by atoms with E-state index in [1.54, 1.807) is 12.1 Å². The molecule has 0 saturated carbocycles. The smallest absolute Gasteiger partial charge is 0.253 e. The zero-order valence-corrected chi connectivity index (χ0v) is 16.7. The first-order valence-electron chi connectivity index (χ1n) is 9.12. The summed E-state index contributed by atoms with van der Waals surface area (Å²) in [5.74, 6) is -0.225. The van der Waals surface area contributed by atoms with Crippen molar-refractivity contribution >= 4 is 21.6 Å². The molecule has 2 N–H and O–H groups in total. The zero-order chi connectivity index (χ0) is 19.2. The summed E-state index contributed by atoms with van der Waals surface area (Å²) in [6.45, 7) is 3.14. The van der Waals surface area contributed by atoms with Crippen molar-refractivity contribution < 1.29 is 13.2 Å². The van der Waals surface area contributed by atoms with E-state index < -0.39 is 10.0 Å². The van der Waals surface area contributed by atoms with Crippen LogP contribution in [0.25, 0.3) is 0 Å². The maximum absolute atomic E-state index is 12.8. The third kappa shape index (κ3) is 4.96. The maximum atomic E-state index is 12.8. The molecule has 0 radical (unpaired) electrons. The van der Waals surface area contributed by atoms with Crippen LogP contribution in [0.3, 0.4) is 0 Å². The molecule has 0 aliphatic carbocycles. The minimum Gasteiger partial charge on any atom is -0.371 e. The second kappa shape index (κ2) is 9.34. The zero-order valence-electron chi connectivity index (χ0n) is 15.9. The number of hydrogen-bond donors (Lipinski definition) is 2. The highest BCUT2D eigenvalue weighted by atomic mass is 32.2. The Morgan fingerprint density at radius 1 is 1.15 bits per heavy atom. The van der Waals surface area contributed by atoms with Crippen LogP contribution in [-0.4, -0.2) is 66.0 Å². The van der Waals surface area contributed by atoms with Gasteiger partial charge in [-0.25, -0.2) is 12.7 Å². The molecule has 0 bridgehead atoms. The van der Waals surface area contributed by atoms with Crippen LogP contribution in [0.2, 0.25) is 0 Å². The number of hydrogen-bond acceptors (Lipinski definition) is 5. The fourth-order valence-corrected chi connectivity index (χ4v) is 3.97. The Morgan fingerprint density at radius 2 is 1.85 bits per heavy atom. The summed E-state index contributed by atoms with van der Waals surface area (Å²) in [5, 5.41) is 5.95. The second-order valence-electron chi connectivity index (χ2n) is 6.73. The van der Waals surface area contributed by atoms with Gasteiger partial charge in [0.25, 0.3) is 5.91 Å². The fourth-order valence-electron chi connectivity index (χ4n) is 3.04. The van der Waals surface area contributed by atoms with Crippen molar-refractivity contribution in [2.24, 2.45) is 0 Å². The molecule has 1 amide bonds. The maximum Gasteiger partial charge on any atom is 0.253 e. The second-order valence-corrected chi connectivity index (χ2v) is 8.88. The van der Waals surface area contributed by atoms with Crippen LogP contribution in [0.15, 0.2) is 23.1 Å². The van der Waals surface area contributed by atoms with Gasteiger partial charge in [-0.3, -0.25) is 4.79 Å². The molecule has 1 aliphatic rings. The summed E-state index contributed by atoms with van der Waals surface area (Å²) in [7, 11) is 1.27. The predicted molar refractivity (Wildman–Crippen MR) is 104 cm³/mol. The van der Waals surface area contributed by atoms with Gasteiger partial charge in [-0.15, -0.1) is 0 Å². The third-order valence-electron chi connectivity index (χ3n) is 4.58. The van der Waals surface area contributed by atoms with E-state index in [9.17, 15) is 13.2 Å². The number of carbonyl (C=O) groups is 1. The van der Waals surface area contributed by atoms with Crippen LogP contribution in [0.1, 0.15) is 36.0 Å². The van der Waals surface area contributed by atoms with Gasteiger partial charge in [0.05, 0.1) is 10.5 Å². The van der Waals surface area contributed by atoms with Crippen molar-refractivity contribution in [2.45, 2.75) is 30.6 Å². The van der Waals surface area contributed by atoms with Crippen molar-refractivity contribution in [3.63, 3.8) is 0 Å². The average molecular weight is 383 g/mol. The molecule has 2 rings (SSSR count). The normalized spacial score (nSPS) is 15.3. The Morgan fingerprint density at radius 3 is 2.46 bits per heavy atom. The Bertz CT molecular complexity index is 713.